The van der Waals surface area contributed by atoms with Gasteiger partial charge in [0.05, 0.1) is 36.6 Å². The molecule has 3 rings (SSSR count). The van der Waals surface area contributed by atoms with Gasteiger partial charge in [-0.1, -0.05) is 57.6 Å². The number of methoxy groups -OCH3 is 2. The average molecular weight is 807 g/mol. The van der Waals surface area contributed by atoms with Crippen molar-refractivity contribution in [1.82, 2.24) is 0 Å². The van der Waals surface area contributed by atoms with Crippen molar-refractivity contribution in [1.29, 1.82) is 0 Å². The maximum atomic E-state index is 13.6. The molecular formula is C43H66O14. The summed E-state index contributed by atoms with van der Waals surface area (Å²) in [5.74, 6) is -2.49. The Labute approximate surface area is 338 Å². The van der Waals surface area contributed by atoms with Gasteiger partial charge >= 0.3 is 5.97 Å². The predicted molar refractivity (Wildman–Crippen MR) is 208 cm³/mol. The van der Waals surface area contributed by atoms with Gasteiger partial charge in [-0.15, -0.1) is 0 Å². The lowest BCUT2D eigenvalue weighted by atomic mass is 9.78. The average Bonchev–Trinajstić information content (AvgIpc) is 3.19. The van der Waals surface area contributed by atoms with E-state index in [1.165, 1.54) is 6.08 Å². The Bertz CT molecular complexity index is 1330. The molecule has 322 valence electrons. The maximum Gasteiger partial charge on any atom is 0.331 e. The van der Waals surface area contributed by atoms with Crippen LogP contribution in [0.5, 0.6) is 0 Å². The molecule has 57 heavy (non-hydrogen) atoms. The molecule has 3 aliphatic rings. The summed E-state index contributed by atoms with van der Waals surface area (Å²) in [7, 11) is 3.28. The van der Waals surface area contributed by atoms with E-state index in [0.29, 0.717) is 64.4 Å². The molecule has 14 nitrogen and oxygen atoms in total. The predicted octanol–water partition coefficient (Wildman–Crippen LogP) is 5.78. The van der Waals surface area contributed by atoms with E-state index in [2.05, 4.69) is 0 Å². The zero-order valence-corrected chi connectivity index (χ0v) is 34.9. The molecule has 0 radical (unpaired) electrons. The van der Waals surface area contributed by atoms with Gasteiger partial charge in [0.2, 0.25) is 0 Å². The molecule has 0 aromatic carbocycles. The number of ether oxygens (including phenoxy) is 9. The first-order valence-electron chi connectivity index (χ1n) is 20.3. The summed E-state index contributed by atoms with van der Waals surface area (Å²) in [5, 5.41) is 0. The number of carbonyl (C=O) groups excluding carboxylic acids is 5. The number of fused-ring (bicyclic) bond motifs is 2. The molecule has 0 amide bonds. The number of esters is 1. The summed E-state index contributed by atoms with van der Waals surface area (Å²) in [6.07, 6.45) is 8.99. The number of allylic oxidation sites excluding steroid dienone is 2. The first-order chi connectivity index (χ1) is 27.4. The summed E-state index contributed by atoms with van der Waals surface area (Å²) in [6, 6.07) is 0. The van der Waals surface area contributed by atoms with E-state index in [4.69, 9.17) is 42.6 Å². The highest BCUT2D eigenvalue weighted by molar-refractivity contribution is 5.82. The second-order valence-electron chi connectivity index (χ2n) is 16.0. The lowest BCUT2D eigenvalue weighted by molar-refractivity contribution is -0.167. The van der Waals surface area contributed by atoms with Crippen LogP contribution in [-0.4, -0.2) is 113 Å². The topological polar surface area (TPSA) is 168 Å². The largest absolute Gasteiger partial charge is 0.464 e. The first kappa shape index (κ1) is 47.8. The first-order valence-corrected chi connectivity index (χ1v) is 20.3. The fraction of sp³-hybridized carbons (Fsp3) is 0.744. The molecule has 12 unspecified atom stereocenters. The van der Waals surface area contributed by atoms with E-state index in [-0.39, 0.29) is 42.9 Å². The standard InChI is InChI=1S/C43H66O14/c1-27-12-15-33(51-23-44)19-34-10-9-11-35(56-34)21-38(50-8)30(4)39(52-24-45)22-40(53-25-46)31(5)43(57-41(48)17-13-27)32(6)42(54-26-47)28(2)14-16-36-20-37(49-7)18-29(3)55-36/h9-10,12-13,17,23-26,28-40,42-43H,11,14-16,18-22H2,1-8H3/b17-13+,27-12+/t28?,29-,30?,31?,32?,33?,34?,35?,36-,37+,38?,39?,40?,42?,43?/m1/s1. The Hall–Kier alpha value is -3.59. The monoisotopic (exact) mass is 806 g/mol. The highest BCUT2D eigenvalue weighted by atomic mass is 16.6. The normalized spacial score (nSPS) is 36.4. The third-order valence-corrected chi connectivity index (χ3v) is 11.9. The fourth-order valence-corrected chi connectivity index (χ4v) is 8.63. The Morgan fingerprint density at radius 1 is 0.772 bits per heavy atom. The minimum Gasteiger partial charge on any atom is -0.464 e. The van der Waals surface area contributed by atoms with Crippen LogP contribution in [-0.2, 0) is 66.6 Å². The van der Waals surface area contributed by atoms with Crippen molar-refractivity contribution in [3.05, 3.63) is 36.0 Å². The Morgan fingerprint density at radius 3 is 2.12 bits per heavy atom. The molecule has 0 aromatic heterocycles. The second-order valence-corrected chi connectivity index (χ2v) is 16.0. The van der Waals surface area contributed by atoms with Gasteiger partial charge in [-0.2, -0.15) is 0 Å². The van der Waals surface area contributed by atoms with Crippen LogP contribution in [0, 0.1) is 23.7 Å². The van der Waals surface area contributed by atoms with E-state index in [0.717, 1.165) is 18.4 Å². The lowest BCUT2D eigenvalue weighted by Crippen LogP contribution is -2.47. The van der Waals surface area contributed by atoms with Gasteiger partial charge in [-0.05, 0) is 51.9 Å². The summed E-state index contributed by atoms with van der Waals surface area (Å²) in [4.78, 5) is 61.0. The zero-order chi connectivity index (χ0) is 41.9. The molecule has 1 fully saturated rings. The van der Waals surface area contributed by atoms with Crippen LogP contribution in [0.15, 0.2) is 36.0 Å². The molecule has 15 atom stereocenters. The zero-order valence-electron chi connectivity index (χ0n) is 34.9. The Balaban J connectivity index is 2.01. The molecule has 1 saturated heterocycles. The number of hydrogen-bond donors (Lipinski definition) is 0. The van der Waals surface area contributed by atoms with E-state index in [1.807, 2.05) is 52.8 Å². The van der Waals surface area contributed by atoms with Crippen LogP contribution >= 0.6 is 0 Å². The van der Waals surface area contributed by atoms with Crippen molar-refractivity contribution in [2.75, 3.05) is 14.2 Å². The third kappa shape index (κ3) is 15.3. The van der Waals surface area contributed by atoms with Crippen LogP contribution < -0.4 is 0 Å². The molecule has 0 spiro atoms. The van der Waals surface area contributed by atoms with Gasteiger partial charge in [0.25, 0.3) is 25.9 Å². The van der Waals surface area contributed by atoms with Gasteiger partial charge in [0.15, 0.2) is 0 Å². The fourth-order valence-electron chi connectivity index (χ4n) is 8.63. The van der Waals surface area contributed by atoms with Crippen molar-refractivity contribution < 1.29 is 66.6 Å². The van der Waals surface area contributed by atoms with Gasteiger partial charge in [-0.3, -0.25) is 19.2 Å². The molecule has 0 N–H and O–H groups in total. The van der Waals surface area contributed by atoms with Crippen LogP contribution in [0.1, 0.15) is 99.3 Å². The number of cyclic esters (lactones) is 1. The number of hydrogen-bond acceptors (Lipinski definition) is 14. The smallest absolute Gasteiger partial charge is 0.331 e. The minimum absolute atomic E-state index is 0.0304. The molecular weight excluding hydrogens is 740 g/mol. The summed E-state index contributed by atoms with van der Waals surface area (Å²) < 4.78 is 52.9. The number of carbonyl (C=O) groups is 5. The van der Waals surface area contributed by atoms with Crippen molar-refractivity contribution in [2.24, 2.45) is 23.7 Å². The van der Waals surface area contributed by atoms with Crippen LogP contribution in [0.25, 0.3) is 0 Å². The van der Waals surface area contributed by atoms with Crippen LogP contribution in [0.3, 0.4) is 0 Å². The van der Waals surface area contributed by atoms with Gasteiger partial charge < -0.3 is 42.6 Å². The van der Waals surface area contributed by atoms with E-state index < -0.39 is 60.3 Å². The van der Waals surface area contributed by atoms with Gasteiger partial charge in [0.1, 0.15) is 30.5 Å². The van der Waals surface area contributed by atoms with Crippen molar-refractivity contribution in [3.8, 4) is 0 Å². The number of rotatable bonds is 16. The highest BCUT2D eigenvalue weighted by Gasteiger charge is 2.43. The Morgan fingerprint density at radius 2 is 1.47 bits per heavy atom. The van der Waals surface area contributed by atoms with Crippen LogP contribution in [0.2, 0.25) is 0 Å². The molecule has 3 aliphatic heterocycles. The summed E-state index contributed by atoms with van der Waals surface area (Å²) >= 11 is 0. The SMILES string of the molecule is COC1CC2CC=CC(CC(OC=O)C/C=C(C)/C=C/C(=O)OC(C(C)C(OC=O)C(C)CC[C@@H]3C[C@@H](OC)C[C@@H](C)O3)C(C)C(OC=O)CC(OC=O)C1C)O2. The third-order valence-electron chi connectivity index (χ3n) is 11.9. The summed E-state index contributed by atoms with van der Waals surface area (Å²) in [6.45, 7) is 12.9. The van der Waals surface area contributed by atoms with Crippen molar-refractivity contribution >= 4 is 31.9 Å². The molecule has 3 heterocycles. The van der Waals surface area contributed by atoms with Crippen molar-refractivity contribution in [2.45, 2.75) is 166 Å². The van der Waals surface area contributed by atoms with Crippen molar-refractivity contribution in [3.63, 3.8) is 0 Å². The molecule has 0 aliphatic carbocycles. The highest BCUT2D eigenvalue weighted by Crippen LogP contribution is 2.35. The quantitative estimate of drug-likeness (QED) is 0.0797. The second kappa shape index (κ2) is 25.0. The molecule has 14 heteroatoms. The molecule has 0 saturated carbocycles. The Kier molecular flexibility index (Phi) is 21.0. The molecule has 2 bridgehead atoms. The van der Waals surface area contributed by atoms with E-state index >= 15 is 0 Å². The van der Waals surface area contributed by atoms with E-state index in [9.17, 15) is 24.0 Å². The molecule has 0 aromatic rings. The maximum absolute atomic E-state index is 13.6. The van der Waals surface area contributed by atoms with Gasteiger partial charge in [0, 0.05) is 63.7 Å². The van der Waals surface area contributed by atoms with Crippen LogP contribution in [0.4, 0.5) is 0 Å². The lowest BCUT2D eigenvalue weighted by Gasteiger charge is -2.40. The minimum atomic E-state index is -0.937. The van der Waals surface area contributed by atoms with Gasteiger partial charge in [-0.25, -0.2) is 4.79 Å². The van der Waals surface area contributed by atoms with E-state index in [1.54, 1.807) is 27.2 Å². The summed E-state index contributed by atoms with van der Waals surface area (Å²) in [5.41, 5.74) is 0.732.